The number of carbonyl (C=O) groups is 2. The average Bonchev–Trinajstić information content (AvgIpc) is 2.74. The maximum Gasteiger partial charge on any atom is 0.331 e. The Kier molecular flexibility index (Phi) is 5.96. The number of nitrogens with zero attached hydrogens (tertiary/aromatic N) is 2. The van der Waals surface area contributed by atoms with E-state index < -0.39 is 5.91 Å². The number of piperidine rings is 1. The second-order valence-electron chi connectivity index (χ2n) is 6.38. The molecular weight excluding hydrogens is 344 g/mol. The van der Waals surface area contributed by atoms with Crippen LogP contribution in [0.15, 0.2) is 48.5 Å². The van der Waals surface area contributed by atoms with Gasteiger partial charge in [-0.05, 0) is 49.6 Å². The predicted molar refractivity (Wildman–Crippen MR) is 104 cm³/mol. The maximum absolute atomic E-state index is 13.3. The number of anilines is 1. The van der Waals surface area contributed by atoms with Gasteiger partial charge >= 0.3 is 6.03 Å². The summed E-state index contributed by atoms with van der Waals surface area (Å²) in [6, 6.07) is 13.6. The predicted octanol–water partition coefficient (Wildman–Crippen LogP) is 3.96. The Balaban J connectivity index is 1.97. The average molecular weight is 368 g/mol. The molecule has 0 saturated carbocycles. The third-order valence-electron chi connectivity index (χ3n) is 4.67. The molecule has 6 nitrogen and oxygen atoms in total. The number of ether oxygens (including phenoxy) is 2. The Hall–Kier alpha value is -3.02. The highest BCUT2D eigenvalue weighted by Crippen LogP contribution is 2.29. The molecule has 1 heterocycles. The van der Waals surface area contributed by atoms with E-state index in [2.05, 4.69) is 0 Å². The van der Waals surface area contributed by atoms with Crippen LogP contribution >= 0.6 is 0 Å². The lowest BCUT2D eigenvalue weighted by atomic mass is 10.1. The largest absolute Gasteiger partial charge is 0.493 e. The van der Waals surface area contributed by atoms with Crippen molar-refractivity contribution in [3.05, 3.63) is 54.1 Å². The first-order chi connectivity index (χ1) is 13.2. The number of hydrogen-bond acceptors (Lipinski definition) is 4. The van der Waals surface area contributed by atoms with Crippen LogP contribution in [-0.4, -0.2) is 44.1 Å². The van der Waals surface area contributed by atoms with Crippen LogP contribution in [0.1, 0.15) is 29.6 Å². The van der Waals surface area contributed by atoms with Crippen LogP contribution in [-0.2, 0) is 0 Å². The first kappa shape index (κ1) is 18.8. The molecule has 2 aromatic rings. The van der Waals surface area contributed by atoms with E-state index in [1.807, 2.05) is 18.2 Å². The molecule has 27 heavy (non-hydrogen) atoms. The molecule has 142 valence electrons. The van der Waals surface area contributed by atoms with Crippen LogP contribution in [0.3, 0.4) is 0 Å². The summed E-state index contributed by atoms with van der Waals surface area (Å²) >= 11 is 0. The SMILES string of the molecule is COc1ccc(C(=O)N(C(=O)N2CCCCC2)c2ccccc2)cc1OC. The zero-order valence-corrected chi connectivity index (χ0v) is 15.7. The monoisotopic (exact) mass is 368 g/mol. The molecule has 0 N–H and O–H groups in total. The van der Waals surface area contributed by atoms with E-state index in [4.69, 9.17) is 9.47 Å². The summed E-state index contributed by atoms with van der Waals surface area (Å²) in [6.45, 7) is 1.34. The molecule has 0 bridgehead atoms. The topological polar surface area (TPSA) is 59.1 Å². The van der Waals surface area contributed by atoms with Crippen LogP contribution in [0.4, 0.5) is 10.5 Å². The first-order valence-electron chi connectivity index (χ1n) is 9.06. The second-order valence-corrected chi connectivity index (χ2v) is 6.38. The van der Waals surface area contributed by atoms with Crippen molar-refractivity contribution in [2.24, 2.45) is 0 Å². The minimum atomic E-state index is -0.391. The van der Waals surface area contributed by atoms with Gasteiger partial charge in [0.1, 0.15) is 0 Å². The van der Waals surface area contributed by atoms with Crippen molar-refractivity contribution in [2.45, 2.75) is 19.3 Å². The summed E-state index contributed by atoms with van der Waals surface area (Å²) < 4.78 is 10.5. The van der Waals surface area contributed by atoms with Gasteiger partial charge < -0.3 is 14.4 Å². The van der Waals surface area contributed by atoms with E-state index in [9.17, 15) is 9.59 Å². The summed E-state index contributed by atoms with van der Waals surface area (Å²) in [7, 11) is 3.05. The minimum Gasteiger partial charge on any atom is -0.493 e. The number of urea groups is 1. The van der Waals surface area contributed by atoms with E-state index in [0.29, 0.717) is 35.8 Å². The van der Waals surface area contributed by atoms with Gasteiger partial charge in [-0.3, -0.25) is 4.79 Å². The van der Waals surface area contributed by atoms with Gasteiger partial charge in [-0.2, -0.15) is 0 Å². The fourth-order valence-electron chi connectivity index (χ4n) is 3.22. The quantitative estimate of drug-likeness (QED) is 0.820. The number of amides is 3. The molecule has 0 spiro atoms. The van der Waals surface area contributed by atoms with E-state index in [0.717, 1.165) is 19.3 Å². The fourth-order valence-corrected chi connectivity index (χ4v) is 3.22. The number of hydrogen-bond donors (Lipinski definition) is 0. The fraction of sp³-hybridized carbons (Fsp3) is 0.333. The Morgan fingerprint density at radius 1 is 0.889 bits per heavy atom. The highest BCUT2D eigenvalue weighted by atomic mass is 16.5. The van der Waals surface area contributed by atoms with Crippen molar-refractivity contribution in [1.82, 2.24) is 4.90 Å². The summed E-state index contributed by atoms with van der Waals surface area (Å²) in [4.78, 5) is 29.4. The molecule has 1 fully saturated rings. The number of para-hydroxylation sites is 1. The number of carbonyl (C=O) groups excluding carboxylic acids is 2. The molecule has 3 amide bonds. The van der Waals surface area contributed by atoms with Crippen LogP contribution < -0.4 is 14.4 Å². The lowest BCUT2D eigenvalue weighted by Crippen LogP contribution is -2.48. The Bertz CT molecular complexity index is 801. The maximum atomic E-state index is 13.3. The first-order valence-corrected chi connectivity index (χ1v) is 9.06. The summed E-state index contributed by atoms with van der Waals surface area (Å²) in [5.74, 6) is 0.585. The molecular formula is C21H24N2O4. The van der Waals surface area contributed by atoms with Gasteiger partial charge in [0.15, 0.2) is 11.5 Å². The zero-order chi connectivity index (χ0) is 19.2. The molecule has 1 aliphatic rings. The lowest BCUT2D eigenvalue weighted by Gasteiger charge is -2.32. The Morgan fingerprint density at radius 3 is 2.19 bits per heavy atom. The molecule has 0 aliphatic carbocycles. The van der Waals surface area contributed by atoms with Crippen LogP contribution in [0.2, 0.25) is 0 Å². The zero-order valence-electron chi connectivity index (χ0n) is 15.7. The van der Waals surface area contributed by atoms with Crippen LogP contribution in [0, 0.1) is 0 Å². The van der Waals surface area contributed by atoms with Crippen LogP contribution in [0.25, 0.3) is 0 Å². The number of benzene rings is 2. The number of imide groups is 1. The smallest absolute Gasteiger partial charge is 0.331 e. The molecule has 0 radical (unpaired) electrons. The summed E-state index contributed by atoms with van der Waals surface area (Å²) in [5, 5.41) is 0. The highest BCUT2D eigenvalue weighted by Gasteiger charge is 2.30. The third-order valence-corrected chi connectivity index (χ3v) is 4.67. The van der Waals surface area contributed by atoms with Crippen molar-refractivity contribution in [3.63, 3.8) is 0 Å². The second kappa shape index (κ2) is 8.58. The molecule has 0 atom stereocenters. The summed E-state index contributed by atoms with van der Waals surface area (Å²) in [6.07, 6.45) is 3.02. The van der Waals surface area contributed by atoms with Gasteiger partial charge in [0, 0.05) is 18.7 Å². The van der Waals surface area contributed by atoms with E-state index in [1.54, 1.807) is 35.2 Å². The number of methoxy groups -OCH3 is 2. The van der Waals surface area contributed by atoms with Crippen molar-refractivity contribution < 1.29 is 19.1 Å². The van der Waals surface area contributed by atoms with Gasteiger partial charge in [-0.25, -0.2) is 9.69 Å². The molecule has 0 unspecified atom stereocenters. The number of likely N-dealkylation sites (tertiary alicyclic amines) is 1. The molecule has 1 saturated heterocycles. The summed E-state index contributed by atoms with van der Waals surface area (Å²) in [5.41, 5.74) is 0.912. The Morgan fingerprint density at radius 2 is 1.56 bits per heavy atom. The molecule has 0 aromatic heterocycles. The molecule has 6 heteroatoms. The third kappa shape index (κ3) is 4.05. The van der Waals surface area contributed by atoms with Crippen LogP contribution in [0.5, 0.6) is 11.5 Å². The van der Waals surface area contributed by atoms with E-state index in [-0.39, 0.29) is 6.03 Å². The standard InChI is InChI=1S/C21H24N2O4/c1-26-18-12-11-16(15-19(18)27-2)20(24)23(17-9-5-3-6-10-17)21(25)22-13-7-4-8-14-22/h3,5-6,9-12,15H,4,7-8,13-14H2,1-2H3. The van der Waals surface area contributed by atoms with Gasteiger partial charge in [-0.1, -0.05) is 18.2 Å². The van der Waals surface area contributed by atoms with Gasteiger partial charge in [0.05, 0.1) is 19.9 Å². The van der Waals surface area contributed by atoms with Crippen molar-refractivity contribution in [1.29, 1.82) is 0 Å². The normalized spacial score (nSPS) is 13.8. The van der Waals surface area contributed by atoms with Gasteiger partial charge in [-0.15, -0.1) is 0 Å². The molecule has 1 aliphatic heterocycles. The molecule has 3 rings (SSSR count). The van der Waals surface area contributed by atoms with Crippen molar-refractivity contribution >= 4 is 17.6 Å². The molecule has 2 aromatic carbocycles. The lowest BCUT2D eigenvalue weighted by molar-refractivity contribution is 0.0983. The van der Waals surface area contributed by atoms with Gasteiger partial charge in [0.2, 0.25) is 0 Å². The minimum absolute atomic E-state index is 0.291. The van der Waals surface area contributed by atoms with E-state index >= 15 is 0 Å². The van der Waals surface area contributed by atoms with Crippen molar-refractivity contribution in [2.75, 3.05) is 32.2 Å². The van der Waals surface area contributed by atoms with E-state index in [1.165, 1.54) is 19.1 Å². The number of rotatable bonds is 4. The van der Waals surface area contributed by atoms with Crippen molar-refractivity contribution in [3.8, 4) is 11.5 Å². The van der Waals surface area contributed by atoms with Gasteiger partial charge in [0.25, 0.3) is 5.91 Å². The Labute approximate surface area is 159 Å². The highest BCUT2D eigenvalue weighted by molar-refractivity contribution is 6.20.